The lowest BCUT2D eigenvalue weighted by atomic mass is 10.2. The summed E-state index contributed by atoms with van der Waals surface area (Å²) in [5, 5.41) is 0. The molecule has 1 fully saturated rings. The predicted octanol–water partition coefficient (Wildman–Crippen LogP) is 2.82. The SMILES string of the molecule is CC(C)(C)OC(=O)N(Cc1ccccc1)CC1CO1. The smallest absolute Gasteiger partial charge is 0.410 e. The molecule has 4 heteroatoms. The fraction of sp³-hybridized carbons (Fsp3) is 0.533. The third-order valence-electron chi connectivity index (χ3n) is 2.69. The van der Waals surface area contributed by atoms with Crippen molar-refractivity contribution in [2.24, 2.45) is 0 Å². The van der Waals surface area contributed by atoms with E-state index in [0.29, 0.717) is 13.1 Å². The molecule has 0 N–H and O–H groups in total. The number of amides is 1. The largest absolute Gasteiger partial charge is 0.444 e. The topological polar surface area (TPSA) is 42.1 Å². The first kappa shape index (κ1) is 13.9. The summed E-state index contributed by atoms with van der Waals surface area (Å²) in [4.78, 5) is 13.9. The zero-order valence-electron chi connectivity index (χ0n) is 11.8. The first-order chi connectivity index (χ1) is 8.94. The van der Waals surface area contributed by atoms with Gasteiger partial charge in [-0.3, -0.25) is 0 Å². The second-order valence-corrected chi connectivity index (χ2v) is 5.80. The summed E-state index contributed by atoms with van der Waals surface area (Å²) in [7, 11) is 0. The molecular weight excluding hydrogens is 242 g/mol. The Morgan fingerprint density at radius 2 is 2.00 bits per heavy atom. The average Bonchev–Trinajstić information content (AvgIpc) is 3.11. The molecule has 1 heterocycles. The monoisotopic (exact) mass is 263 g/mol. The standard InChI is InChI=1S/C15H21NO3/c1-15(2,3)19-14(17)16(10-13-11-18-13)9-12-7-5-4-6-8-12/h4-8,13H,9-11H2,1-3H3. The highest BCUT2D eigenvalue weighted by atomic mass is 16.6. The predicted molar refractivity (Wildman–Crippen MR) is 72.8 cm³/mol. The number of nitrogens with zero attached hydrogens (tertiary/aromatic N) is 1. The van der Waals surface area contributed by atoms with E-state index in [-0.39, 0.29) is 12.2 Å². The van der Waals surface area contributed by atoms with Gasteiger partial charge < -0.3 is 14.4 Å². The van der Waals surface area contributed by atoms with Crippen LogP contribution in [0, 0.1) is 0 Å². The van der Waals surface area contributed by atoms with Crippen molar-refractivity contribution >= 4 is 6.09 Å². The first-order valence-corrected chi connectivity index (χ1v) is 6.57. The van der Waals surface area contributed by atoms with Crippen molar-refractivity contribution in [3.63, 3.8) is 0 Å². The van der Waals surface area contributed by atoms with Crippen LogP contribution in [-0.2, 0) is 16.0 Å². The summed E-state index contributed by atoms with van der Waals surface area (Å²) in [5.74, 6) is 0. The van der Waals surface area contributed by atoms with Gasteiger partial charge in [-0.2, -0.15) is 0 Å². The van der Waals surface area contributed by atoms with Crippen LogP contribution in [0.4, 0.5) is 4.79 Å². The van der Waals surface area contributed by atoms with Crippen LogP contribution in [0.2, 0.25) is 0 Å². The average molecular weight is 263 g/mol. The normalized spacial score (nSPS) is 17.9. The lowest BCUT2D eigenvalue weighted by molar-refractivity contribution is 0.0220. The highest BCUT2D eigenvalue weighted by molar-refractivity contribution is 5.68. The minimum absolute atomic E-state index is 0.163. The maximum absolute atomic E-state index is 12.2. The van der Waals surface area contributed by atoms with Gasteiger partial charge in [-0.05, 0) is 26.3 Å². The molecule has 1 amide bonds. The second-order valence-electron chi connectivity index (χ2n) is 5.80. The number of carbonyl (C=O) groups is 1. The van der Waals surface area contributed by atoms with Crippen LogP contribution in [0.5, 0.6) is 0 Å². The molecule has 0 bridgehead atoms. The van der Waals surface area contributed by atoms with Crippen LogP contribution < -0.4 is 0 Å². The number of epoxide rings is 1. The third-order valence-corrected chi connectivity index (χ3v) is 2.69. The number of ether oxygens (including phenoxy) is 2. The van der Waals surface area contributed by atoms with E-state index in [1.54, 1.807) is 4.90 Å². The van der Waals surface area contributed by atoms with Gasteiger partial charge in [0.15, 0.2) is 0 Å². The fourth-order valence-electron chi connectivity index (χ4n) is 1.75. The maximum Gasteiger partial charge on any atom is 0.410 e. The molecule has 0 aromatic heterocycles. The van der Waals surface area contributed by atoms with Gasteiger partial charge in [-0.1, -0.05) is 30.3 Å². The third kappa shape index (κ3) is 4.91. The molecule has 1 aromatic rings. The molecule has 0 spiro atoms. The van der Waals surface area contributed by atoms with E-state index in [9.17, 15) is 4.79 Å². The molecule has 1 aliphatic rings. The van der Waals surface area contributed by atoms with Gasteiger partial charge in [0.05, 0.1) is 19.3 Å². The highest BCUT2D eigenvalue weighted by Gasteiger charge is 2.30. The summed E-state index contributed by atoms with van der Waals surface area (Å²) in [6.07, 6.45) is -0.122. The molecular formula is C15H21NO3. The van der Waals surface area contributed by atoms with Gasteiger partial charge in [-0.15, -0.1) is 0 Å². The minimum atomic E-state index is -0.476. The van der Waals surface area contributed by atoms with E-state index in [1.807, 2.05) is 51.1 Å². The van der Waals surface area contributed by atoms with Crippen molar-refractivity contribution in [1.82, 2.24) is 4.90 Å². The second kappa shape index (κ2) is 5.61. The van der Waals surface area contributed by atoms with E-state index in [4.69, 9.17) is 9.47 Å². The summed E-state index contributed by atoms with van der Waals surface area (Å²) in [6.45, 7) is 7.49. The molecule has 0 saturated carbocycles. The van der Waals surface area contributed by atoms with E-state index in [0.717, 1.165) is 12.2 Å². The molecule has 0 radical (unpaired) electrons. The van der Waals surface area contributed by atoms with Gasteiger partial charge in [0.25, 0.3) is 0 Å². The maximum atomic E-state index is 12.2. The van der Waals surface area contributed by atoms with Crippen molar-refractivity contribution in [2.75, 3.05) is 13.2 Å². The van der Waals surface area contributed by atoms with Crippen LogP contribution in [-0.4, -0.2) is 35.8 Å². The van der Waals surface area contributed by atoms with Gasteiger partial charge in [0.1, 0.15) is 5.60 Å². The molecule has 104 valence electrons. The van der Waals surface area contributed by atoms with Crippen molar-refractivity contribution in [3.05, 3.63) is 35.9 Å². The molecule has 1 atom stereocenters. The summed E-state index contributed by atoms with van der Waals surface area (Å²) >= 11 is 0. The number of benzene rings is 1. The van der Waals surface area contributed by atoms with Gasteiger partial charge in [-0.25, -0.2) is 4.79 Å². The summed E-state index contributed by atoms with van der Waals surface area (Å²) < 4.78 is 10.6. The number of carbonyl (C=O) groups excluding carboxylic acids is 1. The van der Waals surface area contributed by atoms with Gasteiger partial charge in [0, 0.05) is 6.54 Å². The van der Waals surface area contributed by atoms with Crippen molar-refractivity contribution in [1.29, 1.82) is 0 Å². The Labute approximate surface area is 114 Å². The Bertz CT molecular complexity index is 421. The highest BCUT2D eigenvalue weighted by Crippen LogP contribution is 2.17. The molecule has 19 heavy (non-hydrogen) atoms. The molecule has 1 aliphatic heterocycles. The lowest BCUT2D eigenvalue weighted by Gasteiger charge is -2.27. The number of hydrogen-bond acceptors (Lipinski definition) is 3. The van der Waals surface area contributed by atoms with E-state index < -0.39 is 5.60 Å². The Morgan fingerprint density at radius 3 is 2.53 bits per heavy atom. The Morgan fingerprint density at radius 1 is 1.37 bits per heavy atom. The molecule has 1 unspecified atom stereocenters. The van der Waals surface area contributed by atoms with Gasteiger partial charge in [0.2, 0.25) is 0 Å². The minimum Gasteiger partial charge on any atom is -0.444 e. The molecule has 0 aliphatic carbocycles. The van der Waals surface area contributed by atoms with Crippen LogP contribution in [0.1, 0.15) is 26.3 Å². The fourth-order valence-corrected chi connectivity index (χ4v) is 1.75. The van der Waals surface area contributed by atoms with Crippen molar-refractivity contribution in [3.8, 4) is 0 Å². The van der Waals surface area contributed by atoms with Gasteiger partial charge >= 0.3 is 6.09 Å². The Hall–Kier alpha value is -1.55. The van der Waals surface area contributed by atoms with Crippen LogP contribution in [0.3, 0.4) is 0 Å². The van der Waals surface area contributed by atoms with Crippen molar-refractivity contribution in [2.45, 2.75) is 39.0 Å². The zero-order chi connectivity index (χ0) is 13.9. The molecule has 1 aromatic carbocycles. The van der Waals surface area contributed by atoms with E-state index in [2.05, 4.69) is 0 Å². The van der Waals surface area contributed by atoms with Crippen molar-refractivity contribution < 1.29 is 14.3 Å². The zero-order valence-corrected chi connectivity index (χ0v) is 11.8. The quantitative estimate of drug-likeness (QED) is 0.784. The first-order valence-electron chi connectivity index (χ1n) is 6.57. The Balaban J connectivity index is 2.00. The Kier molecular flexibility index (Phi) is 4.10. The van der Waals surface area contributed by atoms with E-state index in [1.165, 1.54) is 0 Å². The molecule has 1 saturated heterocycles. The summed E-state index contributed by atoms with van der Waals surface area (Å²) in [6, 6.07) is 9.91. The molecule has 4 nitrogen and oxygen atoms in total. The van der Waals surface area contributed by atoms with E-state index >= 15 is 0 Å². The number of rotatable bonds is 4. The molecule has 2 rings (SSSR count). The van der Waals surface area contributed by atoms with Crippen LogP contribution in [0.15, 0.2) is 30.3 Å². The lowest BCUT2D eigenvalue weighted by Crippen LogP contribution is -2.38. The van der Waals surface area contributed by atoms with Crippen LogP contribution >= 0.6 is 0 Å². The number of hydrogen-bond donors (Lipinski definition) is 0. The van der Waals surface area contributed by atoms with Crippen LogP contribution in [0.25, 0.3) is 0 Å². The summed E-state index contributed by atoms with van der Waals surface area (Å²) in [5.41, 5.74) is 0.616.